The Morgan fingerprint density at radius 1 is 1.23 bits per heavy atom. The summed E-state index contributed by atoms with van der Waals surface area (Å²) in [6.07, 6.45) is 3.99. The highest BCUT2D eigenvalue weighted by molar-refractivity contribution is 5.96. The van der Waals surface area contributed by atoms with Crippen molar-refractivity contribution in [2.24, 2.45) is 7.05 Å². The van der Waals surface area contributed by atoms with Crippen LogP contribution in [0.5, 0.6) is 0 Å². The van der Waals surface area contributed by atoms with Gasteiger partial charge in [-0.1, -0.05) is 18.2 Å². The van der Waals surface area contributed by atoms with E-state index in [1.807, 2.05) is 19.2 Å². The molecular weight excluding hydrogens is 332 g/mol. The Hall–Kier alpha value is -3.22. The maximum absolute atomic E-state index is 12.8. The van der Waals surface area contributed by atoms with Crippen molar-refractivity contribution in [1.82, 2.24) is 19.4 Å². The number of rotatable bonds is 3. The van der Waals surface area contributed by atoms with Gasteiger partial charge in [-0.25, -0.2) is 14.8 Å². The lowest BCUT2D eigenvalue weighted by atomic mass is 9.93. The van der Waals surface area contributed by atoms with Crippen molar-refractivity contribution in [2.75, 3.05) is 13.1 Å². The van der Waals surface area contributed by atoms with Crippen LogP contribution in [0.4, 0.5) is 0 Å². The molecule has 1 amide bonds. The van der Waals surface area contributed by atoms with Crippen LogP contribution in [0.3, 0.4) is 0 Å². The lowest BCUT2D eigenvalue weighted by Crippen LogP contribution is -2.28. The fourth-order valence-corrected chi connectivity index (χ4v) is 3.56. The average Bonchev–Trinajstić information content (AvgIpc) is 3.28. The van der Waals surface area contributed by atoms with Crippen molar-refractivity contribution in [3.8, 4) is 0 Å². The summed E-state index contributed by atoms with van der Waals surface area (Å²) in [5.74, 6) is -1.01. The third kappa shape index (κ3) is 2.71. The average molecular weight is 350 g/mol. The summed E-state index contributed by atoms with van der Waals surface area (Å²) in [4.78, 5) is 34.6. The molecule has 3 aromatic rings. The molecule has 0 bridgehead atoms. The van der Waals surface area contributed by atoms with Gasteiger partial charge in [0, 0.05) is 32.3 Å². The van der Waals surface area contributed by atoms with Gasteiger partial charge in [0.05, 0.1) is 17.5 Å². The summed E-state index contributed by atoms with van der Waals surface area (Å²) in [5.41, 5.74) is 3.02. The number of carbonyl (C=O) groups excluding carboxylic acids is 1. The van der Waals surface area contributed by atoms with E-state index in [0.717, 1.165) is 17.6 Å². The maximum Gasteiger partial charge on any atom is 0.335 e. The molecule has 1 aliphatic heterocycles. The van der Waals surface area contributed by atoms with Gasteiger partial charge in [-0.05, 0) is 24.1 Å². The standard InChI is InChI=1S/C19H18N4O3/c1-22-11-21-16-8-13(9-20-17(16)22)18(24)23-7-6-12(10-23)14-4-2-3-5-15(14)19(25)26/h2-5,8-9,11-12H,6-7,10H2,1H3,(H,25,26). The number of likely N-dealkylation sites (tertiary alicyclic amines) is 1. The van der Waals surface area contributed by atoms with Crippen LogP contribution >= 0.6 is 0 Å². The molecular formula is C19H18N4O3. The predicted molar refractivity (Wildman–Crippen MR) is 95.2 cm³/mol. The number of hydrogen-bond donors (Lipinski definition) is 1. The van der Waals surface area contributed by atoms with Gasteiger partial charge in [-0.2, -0.15) is 0 Å². The van der Waals surface area contributed by atoms with Gasteiger partial charge >= 0.3 is 5.97 Å². The number of imidazole rings is 1. The van der Waals surface area contributed by atoms with Crippen molar-refractivity contribution in [3.63, 3.8) is 0 Å². The number of fused-ring (bicyclic) bond motifs is 1. The minimum atomic E-state index is -0.935. The highest BCUT2D eigenvalue weighted by Gasteiger charge is 2.30. The molecule has 1 saturated heterocycles. The van der Waals surface area contributed by atoms with E-state index < -0.39 is 5.97 Å². The van der Waals surface area contributed by atoms with E-state index >= 15 is 0 Å². The molecule has 0 saturated carbocycles. The number of hydrogen-bond acceptors (Lipinski definition) is 4. The Morgan fingerprint density at radius 2 is 2.04 bits per heavy atom. The highest BCUT2D eigenvalue weighted by atomic mass is 16.4. The number of carboxylic acid groups (broad SMARTS) is 1. The molecule has 26 heavy (non-hydrogen) atoms. The Morgan fingerprint density at radius 3 is 2.85 bits per heavy atom. The molecule has 1 unspecified atom stereocenters. The first-order chi connectivity index (χ1) is 12.5. The maximum atomic E-state index is 12.8. The molecule has 7 heteroatoms. The van der Waals surface area contributed by atoms with E-state index in [-0.39, 0.29) is 11.8 Å². The molecule has 2 aromatic heterocycles. The zero-order chi connectivity index (χ0) is 18.3. The van der Waals surface area contributed by atoms with Gasteiger partial charge in [0.2, 0.25) is 0 Å². The van der Waals surface area contributed by atoms with Gasteiger partial charge in [0.1, 0.15) is 5.52 Å². The second-order valence-electron chi connectivity index (χ2n) is 6.55. The Bertz CT molecular complexity index is 1010. The molecule has 4 rings (SSSR count). The van der Waals surface area contributed by atoms with Gasteiger partial charge in [0.15, 0.2) is 5.65 Å². The first kappa shape index (κ1) is 16.3. The lowest BCUT2D eigenvalue weighted by Gasteiger charge is -2.17. The van der Waals surface area contributed by atoms with Crippen LogP contribution in [0, 0.1) is 0 Å². The van der Waals surface area contributed by atoms with Crippen LogP contribution in [0.1, 0.15) is 38.6 Å². The summed E-state index contributed by atoms with van der Waals surface area (Å²) in [5, 5.41) is 9.38. The minimum absolute atomic E-state index is 0.0257. The Kier molecular flexibility index (Phi) is 3.91. The SMILES string of the molecule is Cn1cnc2cc(C(=O)N3CCC(c4ccccc4C(=O)O)C3)cnc21. The molecule has 1 atom stereocenters. The number of aromatic carboxylic acids is 1. The topological polar surface area (TPSA) is 88.3 Å². The van der Waals surface area contributed by atoms with E-state index in [1.54, 1.807) is 40.2 Å². The normalized spacial score (nSPS) is 17.0. The second kappa shape index (κ2) is 6.25. The van der Waals surface area contributed by atoms with Crippen LogP contribution < -0.4 is 0 Å². The first-order valence-corrected chi connectivity index (χ1v) is 8.43. The Balaban J connectivity index is 1.56. The van der Waals surface area contributed by atoms with Crippen molar-refractivity contribution < 1.29 is 14.7 Å². The molecule has 0 radical (unpaired) electrons. The lowest BCUT2D eigenvalue weighted by molar-refractivity contribution is 0.0695. The number of carboxylic acids is 1. The van der Waals surface area contributed by atoms with Crippen LogP contribution in [0.25, 0.3) is 11.2 Å². The number of pyridine rings is 1. The molecule has 1 fully saturated rings. The number of carbonyl (C=O) groups is 2. The summed E-state index contributed by atoms with van der Waals surface area (Å²) in [7, 11) is 1.86. The summed E-state index contributed by atoms with van der Waals surface area (Å²) >= 11 is 0. The molecule has 0 spiro atoms. The number of nitrogens with zero attached hydrogens (tertiary/aromatic N) is 4. The highest BCUT2D eigenvalue weighted by Crippen LogP contribution is 2.30. The van der Waals surface area contributed by atoms with Gasteiger partial charge in [-0.15, -0.1) is 0 Å². The first-order valence-electron chi connectivity index (χ1n) is 8.43. The van der Waals surface area contributed by atoms with Crippen molar-refractivity contribution in [3.05, 3.63) is 59.5 Å². The Labute approximate surface area is 149 Å². The summed E-state index contributed by atoms with van der Waals surface area (Å²) < 4.78 is 1.80. The fourth-order valence-electron chi connectivity index (χ4n) is 3.56. The second-order valence-corrected chi connectivity index (χ2v) is 6.55. The van der Waals surface area contributed by atoms with E-state index in [9.17, 15) is 14.7 Å². The molecule has 132 valence electrons. The fraction of sp³-hybridized carbons (Fsp3) is 0.263. The predicted octanol–water partition coefficient (Wildman–Crippen LogP) is 2.30. The van der Waals surface area contributed by atoms with Crippen molar-refractivity contribution >= 4 is 23.0 Å². The van der Waals surface area contributed by atoms with Crippen LogP contribution in [-0.4, -0.2) is 49.5 Å². The monoisotopic (exact) mass is 350 g/mol. The third-order valence-electron chi connectivity index (χ3n) is 4.90. The van der Waals surface area contributed by atoms with Crippen LogP contribution in [0.2, 0.25) is 0 Å². The number of aromatic nitrogens is 3. The summed E-state index contributed by atoms with van der Waals surface area (Å²) in [6, 6.07) is 8.76. The largest absolute Gasteiger partial charge is 0.478 e. The quantitative estimate of drug-likeness (QED) is 0.783. The van der Waals surface area contributed by atoms with Gasteiger partial charge in [0.25, 0.3) is 5.91 Å². The summed E-state index contributed by atoms with van der Waals surface area (Å²) in [6.45, 7) is 1.10. The number of benzene rings is 1. The van der Waals surface area contributed by atoms with E-state index in [1.165, 1.54) is 0 Å². The smallest absolute Gasteiger partial charge is 0.335 e. The van der Waals surface area contributed by atoms with Crippen molar-refractivity contribution in [1.29, 1.82) is 0 Å². The zero-order valence-electron chi connectivity index (χ0n) is 14.3. The van der Waals surface area contributed by atoms with Gasteiger partial charge < -0.3 is 14.6 Å². The molecule has 3 heterocycles. The zero-order valence-corrected chi connectivity index (χ0v) is 14.3. The van der Waals surface area contributed by atoms with Crippen LogP contribution in [0.15, 0.2) is 42.9 Å². The van der Waals surface area contributed by atoms with E-state index in [4.69, 9.17) is 0 Å². The van der Waals surface area contributed by atoms with Crippen LogP contribution in [-0.2, 0) is 7.05 Å². The molecule has 0 aliphatic carbocycles. The van der Waals surface area contributed by atoms with Crippen molar-refractivity contribution in [2.45, 2.75) is 12.3 Å². The number of aryl methyl sites for hydroxylation is 1. The van der Waals surface area contributed by atoms with E-state index in [2.05, 4.69) is 9.97 Å². The minimum Gasteiger partial charge on any atom is -0.478 e. The van der Waals surface area contributed by atoms with Gasteiger partial charge in [-0.3, -0.25) is 4.79 Å². The van der Waals surface area contributed by atoms with E-state index in [0.29, 0.717) is 29.7 Å². The number of amides is 1. The molecule has 1 aliphatic rings. The third-order valence-corrected chi connectivity index (χ3v) is 4.90. The molecule has 1 aromatic carbocycles. The molecule has 1 N–H and O–H groups in total. The molecule has 7 nitrogen and oxygen atoms in total.